The molecule has 0 N–H and O–H groups in total. The first-order valence-corrected chi connectivity index (χ1v) is 5.81. The van der Waals surface area contributed by atoms with Crippen molar-refractivity contribution in [2.24, 2.45) is 0 Å². The monoisotopic (exact) mass is 256 g/mol. The summed E-state index contributed by atoms with van der Waals surface area (Å²) in [6.07, 6.45) is 5.09. The summed E-state index contributed by atoms with van der Waals surface area (Å²) in [6.45, 7) is 0.773. The van der Waals surface area contributed by atoms with Gasteiger partial charge < -0.3 is 9.47 Å². The number of ether oxygens (including phenoxy) is 2. The van der Waals surface area contributed by atoms with Crippen molar-refractivity contribution >= 4 is 0 Å². The molecule has 0 unspecified atom stereocenters. The maximum Gasteiger partial charge on any atom is 0.127 e. The zero-order chi connectivity index (χ0) is 13.5. The van der Waals surface area contributed by atoms with E-state index in [0.717, 1.165) is 5.56 Å². The van der Waals surface area contributed by atoms with Gasteiger partial charge in [0.15, 0.2) is 0 Å². The van der Waals surface area contributed by atoms with Crippen LogP contribution in [-0.4, -0.2) is 6.61 Å². The number of hydrogen-bond donors (Lipinski definition) is 0. The highest BCUT2D eigenvalue weighted by molar-refractivity contribution is 5.33. The van der Waals surface area contributed by atoms with Gasteiger partial charge in [0.1, 0.15) is 23.9 Å². The van der Waals surface area contributed by atoms with E-state index < -0.39 is 0 Å². The topological polar surface area (TPSA) is 18.5 Å². The van der Waals surface area contributed by atoms with Crippen molar-refractivity contribution in [3.05, 3.63) is 59.9 Å². The molecule has 0 fully saturated rings. The highest BCUT2D eigenvalue weighted by atomic mass is 19.1. The minimum absolute atomic E-state index is 0.284. The Balaban J connectivity index is 1.95. The molecule has 0 amide bonds. The lowest BCUT2D eigenvalue weighted by atomic mass is 10.2. The highest BCUT2D eigenvalue weighted by Gasteiger charge is 1.99. The Morgan fingerprint density at radius 2 is 1.53 bits per heavy atom. The van der Waals surface area contributed by atoms with Gasteiger partial charge in [0.05, 0.1) is 6.61 Å². The van der Waals surface area contributed by atoms with Crippen molar-refractivity contribution in [3.63, 3.8) is 0 Å². The molecule has 19 heavy (non-hydrogen) atoms. The van der Waals surface area contributed by atoms with Crippen LogP contribution >= 0.6 is 0 Å². The minimum Gasteiger partial charge on any atom is -0.457 e. The predicted octanol–water partition coefficient (Wildman–Crippen LogP) is 3.77. The minimum atomic E-state index is -0.284. The van der Waals surface area contributed by atoms with Gasteiger partial charge in [-0.3, -0.25) is 0 Å². The number of terminal acetylenes is 1. The first kappa shape index (κ1) is 13.1. The lowest BCUT2D eigenvalue weighted by Gasteiger charge is -2.06. The van der Waals surface area contributed by atoms with E-state index in [1.54, 1.807) is 12.1 Å². The lowest BCUT2D eigenvalue weighted by molar-refractivity contribution is 0.153. The second-order valence-electron chi connectivity index (χ2n) is 3.90. The van der Waals surface area contributed by atoms with Gasteiger partial charge in [-0.15, -0.1) is 6.42 Å². The second-order valence-corrected chi connectivity index (χ2v) is 3.90. The SMILES string of the molecule is C#CCOCc1ccc(Oc2ccc(F)cc2)cc1. The average molecular weight is 256 g/mol. The van der Waals surface area contributed by atoms with Gasteiger partial charge in [-0.1, -0.05) is 18.1 Å². The number of rotatable bonds is 5. The number of hydrogen-bond acceptors (Lipinski definition) is 2. The Labute approximate surface area is 111 Å². The Morgan fingerprint density at radius 1 is 0.947 bits per heavy atom. The van der Waals surface area contributed by atoms with Crippen molar-refractivity contribution in [1.82, 2.24) is 0 Å². The normalized spacial score (nSPS) is 9.89. The summed E-state index contributed by atoms with van der Waals surface area (Å²) in [7, 11) is 0. The molecular weight excluding hydrogens is 243 g/mol. The van der Waals surface area contributed by atoms with Crippen LogP contribution in [-0.2, 0) is 11.3 Å². The molecule has 0 aromatic heterocycles. The van der Waals surface area contributed by atoms with Crippen LogP contribution in [0.3, 0.4) is 0 Å². The van der Waals surface area contributed by atoms with Gasteiger partial charge in [-0.05, 0) is 42.0 Å². The van der Waals surface area contributed by atoms with E-state index in [9.17, 15) is 4.39 Å². The van der Waals surface area contributed by atoms with E-state index in [1.807, 2.05) is 24.3 Å². The van der Waals surface area contributed by atoms with Gasteiger partial charge in [-0.2, -0.15) is 0 Å². The number of halogens is 1. The molecular formula is C16H13FO2. The summed E-state index contributed by atoms with van der Waals surface area (Å²) in [5.41, 5.74) is 1.02. The molecule has 2 aromatic carbocycles. The maximum atomic E-state index is 12.7. The van der Waals surface area contributed by atoms with Gasteiger partial charge in [0, 0.05) is 0 Å². The van der Waals surface area contributed by atoms with E-state index in [2.05, 4.69) is 5.92 Å². The summed E-state index contributed by atoms with van der Waals surface area (Å²) in [4.78, 5) is 0. The second kappa shape index (κ2) is 6.58. The molecule has 0 saturated heterocycles. The highest BCUT2D eigenvalue weighted by Crippen LogP contribution is 2.21. The molecule has 0 bridgehead atoms. The fraction of sp³-hybridized carbons (Fsp3) is 0.125. The molecule has 0 aliphatic rings. The first-order valence-electron chi connectivity index (χ1n) is 5.81. The largest absolute Gasteiger partial charge is 0.457 e. The van der Waals surface area contributed by atoms with Crippen molar-refractivity contribution in [3.8, 4) is 23.8 Å². The van der Waals surface area contributed by atoms with E-state index in [1.165, 1.54) is 12.1 Å². The zero-order valence-corrected chi connectivity index (χ0v) is 10.3. The van der Waals surface area contributed by atoms with Crippen LogP contribution in [0.5, 0.6) is 11.5 Å². The molecule has 0 aliphatic heterocycles. The van der Waals surface area contributed by atoms with Crippen molar-refractivity contribution in [2.45, 2.75) is 6.61 Å². The van der Waals surface area contributed by atoms with E-state index >= 15 is 0 Å². The van der Waals surface area contributed by atoms with Crippen LogP contribution in [0.4, 0.5) is 4.39 Å². The Kier molecular flexibility index (Phi) is 4.54. The van der Waals surface area contributed by atoms with E-state index in [-0.39, 0.29) is 5.82 Å². The molecule has 0 radical (unpaired) electrons. The summed E-state index contributed by atoms with van der Waals surface area (Å²) in [6, 6.07) is 13.3. The fourth-order valence-electron chi connectivity index (χ4n) is 1.52. The Morgan fingerprint density at radius 3 is 2.11 bits per heavy atom. The first-order chi connectivity index (χ1) is 9.28. The van der Waals surface area contributed by atoms with Crippen LogP contribution in [0.1, 0.15) is 5.56 Å². The fourth-order valence-corrected chi connectivity index (χ4v) is 1.52. The van der Waals surface area contributed by atoms with Crippen LogP contribution in [0.25, 0.3) is 0 Å². The molecule has 2 nitrogen and oxygen atoms in total. The summed E-state index contributed by atoms with van der Waals surface area (Å²) < 4.78 is 23.5. The van der Waals surface area contributed by atoms with Crippen LogP contribution in [0.15, 0.2) is 48.5 Å². The smallest absolute Gasteiger partial charge is 0.127 e. The summed E-state index contributed by atoms with van der Waals surface area (Å²) in [5, 5.41) is 0. The molecule has 96 valence electrons. The van der Waals surface area contributed by atoms with Gasteiger partial charge in [0.25, 0.3) is 0 Å². The van der Waals surface area contributed by atoms with Gasteiger partial charge >= 0.3 is 0 Å². The average Bonchev–Trinajstić information content (AvgIpc) is 2.44. The maximum absolute atomic E-state index is 12.7. The van der Waals surface area contributed by atoms with Gasteiger partial charge in [0.2, 0.25) is 0 Å². The Hall–Kier alpha value is -2.31. The molecule has 0 spiro atoms. The van der Waals surface area contributed by atoms with Crippen molar-refractivity contribution < 1.29 is 13.9 Å². The quantitative estimate of drug-likeness (QED) is 0.599. The van der Waals surface area contributed by atoms with E-state index in [0.29, 0.717) is 24.7 Å². The number of benzene rings is 2. The molecule has 0 saturated carbocycles. The molecule has 0 aliphatic carbocycles. The van der Waals surface area contributed by atoms with E-state index in [4.69, 9.17) is 15.9 Å². The van der Waals surface area contributed by atoms with Crippen LogP contribution in [0.2, 0.25) is 0 Å². The lowest BCUT2D eigenvalue weighted by Crippen LogP contribution is -1.93. The summed E-state index contributed by atoms with van der Waals surface area (Å²) >= 11 is 0. The zero-order valence-electron chi connectivity index (χ0n) is 10.3. The third kappa shape index (κ3) is 4.13. The predicted molar refractivity (Wildman–Crippen MR) is 71.4 cm³/mol. The van der Waals surface area contributed by atoms with Crippen LogP contribution < -0.4 is 4.74 Å². The van der Waals surface area contributed by atoms with Crippen LogP contribution in [0, 0.1) is 18.2 Å². The van der Waals surface area contributed by atoms with Gasteiger partial charge in [-0.25, -0.2) is 4.39 Å². The standard InChI is InChI=1S/C16H13FO2/c1-2-11-18-12-13-3-7-15(8-4-13)19-16-9-5-14(17)6-10-16/h1,3-10H,11-12H2. The molecule has 3 heteroatoms. The molecule has 2 aromatic rings. The molecule has 0 atom stereocenters. The third-order valence-corrected chi connectivity index (χ3v) is 2.43. The Bertz CT molecular complexity index is 553. The van der Waals surface area contributed by atoms with Crippen molar-refractivity contribution in [1.29, 1.82) is 0 Å². The third-order valence-electron chi connectivity index (χ3n) is 2.43. The molecule has 0 heterocycles. The van der Waals surface area contributed by atoms with Crippen molar-refractivity contribution in [2.75, 3.05) is 6.61 Å². The molecule has 2 rings (SSSR count). The summed E-state index contributed by atoms with van der Waals surface area (Å²) in [5.74, 6) is 3.41.